The zero-order chi connectivity index (χ0) is 14.5. The highest BCUT2D eigenvalue weighted by Crippen LogP contribution is 2.22. The van der Waals surface area contributed by atoms with E-state index < -0.39 is 11.8 Å². The summed E-state index contributed by atoms with van der Waals surface area (Å²) in [5.74, 6) is -1.88. The molecule has 0 heterocycles. The Labute approximate surface area is 119 Å². The zero-order valence-corrected chi connectivity index (χ0v) is 11.9. The first-order valence-electron chi connectivity index (χ1n) is 7.30. The van der Waals surface area contributed by atoms with Gasteiger partial charge in [0, 0.05) is 12.6 Å². The minimum Gasteiger partial charge on any atom is -0.478 e. The summed E-state index contributed by atoms with van der Waals surface area (Å²) in [5, 5.41) is 8.96. The maximum atomic E-state index is 13.4. The lowest BCUT2D eigenvalue weighted by atomic mass is 10.1. The van der Waals surface area contributed by atoms with Gasteiger partial charge < -0.3 is 5.11 Å². The Kier molecular flexibility index (Phi) is 5.12. The Hall–Kier alpha value is -1.42. The van der Waals surface area contributed by atoms with Crippen molar-refractivity contribution in [2.45, 2.75) is 51.1 Å². The summed E-state index contributed by atoms with van der Waals surface area (Å²) in [4.78, 5) is 13.2. The number of aromatic carboxylic acids is 1. The molecule has 0 atom stereocenters. The molecule has 3 nitrogen and oxygen atoms in total. The third-order valence-corrected chi connectivity index (χ3v) is 4.14. The summed E-state index contributed by atoms with van der Waals surface area (Å²) in [6, 6.07) is 4.93. The number of hydrogen-bond acceptors (Lipinski definition) is 2. The maximum Gasteiger partial charge on any atom is 0.338 e. The van der Waals surface area contributed by atoms with Gasteiger partial charge in [-0.05, 0) is 37.6 Å². The Morgan fingerprint density at radius 3 is 2.55 bits per heavy atom. The third kappa shape index (κ3) is 3.79. The predicted molar refractivity (Wildman–Crippen MR) is 76.3 cm³/mol. The average molecular weight is 279 g/mol. The fraction of sp³-hybridized carbons (Fsp3) is 0.562. The molecule has 1 fully saturated rings. The molecule has 1 aliphatic rings. The number of carboxylic acids is 1. The fourth-order valence-electron chi connectivity index (χ4n) is 2.95. The van der Waals surface area contributed by atoms with Gasteiger partial charge in [-0.25, -0.2) is 9.18 Å². The number of carbonyl (C=O) groups is 1. The van der Waals surface area contributed by atoms with Crippen molar-refractivity contribution in [3.05, 3.63) is 35.1 Å². The Morgan fingerprint density at radius 1 is 1.30 bits per heavy atom. The molecule has 0 radical (unpaired) electrons. The van der Waals surface area contributed by atoms with E-state index in [1.807, 2.05) is 0 Å². The molecule has 0 saturated heterocycles. The normalized spacial score (nSPS) is 17.1. The number of benzene rings is 1. The van der Waals surface area contributed by atoms with Crippen LogP contribution in [0, 0.1) is 5.82 Å². The largest absolute Gasteiger partial charge is 0.478 e. The van der Waals surface area contributed by atoms with E-state index in [4.69, 9.17) is 5.11 Å². The first kappa shape index (κ1) is 15.0. The van der Waals surface area contributed by atoms with Gasteiger partial charge in [-0.15, -0.1) is 0 Å². The molecule has 20 heavy (non-hydrogen) atoms. The molecule has 2 rings (SSSR count). The molecule has 0 unspecified atom stereocenters. The van der Waals surface area contributed by atoms with Gasteiger partial charge in [0.2, 0.25) is 0 Å². The van der Waals surface area contributed by atoms with E-state index in [1.165, 1.54) is 50.7 Å². The van der Waals surface area contributed by atoms with Crippen molar-refractivity contribution >= 4 is 5.97 Å². The summed E-state index contributed by atoms with van der Waals surface area (Å²) in [5.41, 5.74) is 0.618. The molecule has 1 aliphatic carbocycles. The molecule has 0 aliphatic heterocycles. The van der Waals surface area contributed by atoms with Crippen LogP contribution in [-0.2, 0) is 6.54 Å². The third-order valence-electron chi connectivity index (χ3n) is 4.14. The van der Waals surface area contributed by atoms with E-state index in [1.54, 1.807) is 6.07 Å². The van der Waals surface area contributed by atoms with Gasteiger partial charge in [0.05, 0.1) is 5.56 Å². The van der Waals surface area contributed by atoms with Crippen LogP contribution >= 0.6 is 0 Å². The number of hydrogen-bond donors (Lipinski definition) is 1. The van der Waals surface area contributed by atoms with Crippen molar-refractivity contribution in [1.82, 2.24) is 4.90 Å². The number of rotatable bonds is 4. The number of nitrogens with zero attached hydrogens (tertiary/aromatic N) is 1. The molecule has 0 amide bonds. The Balaban J connectivity index is 2.05. The van der Waals surface area contributed by atoms with Crippen LogP contribution in [0.4, 0.5) is 4.39 Å². The van der Waals surface area contributed by atoms with E-state index in [2.05, 4.69) is 11.9 Å². The van der Waals surface area contributed by atoms with Crippen molar-refractivity contribution in [3.63, 3.8) is 0 Å². The van der Waals surface area contributed by atoms with E-state index in [0.717, 1.165) is 5.56 Å². The zero-order valence-electron chi connectivity index (χ0n) is 11.9. The highest BCUT2D eigenvalue weighted by atomic mass is 19.1. The van der Waals surface area contributed by atoms with E-state index >= 15 is 0 Å². The molecule has 1 saturated carbocycles. The van der Waals surface area contributed by atoms with Crippen LogP contribution in [0.1, 0.15) is 54.4 Å². The van der Waals surface area contributed by atoms with Crippen molar-refractivity contribution in [3.8, 4) is 0 Å². The van der Waals surface area contributed by atoms with Crippen molar-refractivity contribution in [1.29, 1.82) is 0 Å². The van der Waals surface area contributed by atoms with Crippen molar-refractivity contribution in [2.75, 3.05) is 7.05 Å². The Morgan fingerprint density at radius 2 is 1.95 bits per heavy atom. The molecule has 110 valence electrons. The van der Waals surface area contributed by atoms with Gasteiger partial charge in [-0.2, -0.15) is 0 Å². The molecule has 0 bridgehead atoms. The maximum absolute atomic E-state index is 13.4. The SMILES string of the molecule is CN(Cc1ccc(F)c(C(=O)O)c1)C1CCCCCC1. The van der Waals surface area contributed by atoms with E-state index in [9.17, 15) is 9.18 Å². The number of halogens is 1. The topological polar surface area (TPSA) is 40.5 Å². The second-order valence-electron chi connectivity index (χ2n) is 5.68. The summed E-state index contributed by atoms with van der Waals surface area (Å²) in [7, 11) is 2.07. The van der Waals surface area contributed by atoms with Crippen LogP contribution in [0.15, 0.2) is 18.2 Å². The van der Waals surface area contributed by atoms with Crippen LogP contribution in [0.25, 0.3) is 0 Å². The van der Waals surface area contributed by atoms with Crippen LogP contribution in [-0.4, -0.2) is 29.1 Å². The monoisotopic (exact) mass is 279 g/mol. The van der Waals surface area contributed by atoms with Gasteiger partial charge in [0.25, 0.3) is 0 Å². The van der Waals surface area contributed by atoms with Gasteiger partial charge >= 0.3 is 5.97 Å². The summed E-state index contributed by atoms with van der Waals surface area (Å²) in [6.07, 6.45) is 7.54. The highest BCUT2D eigenvalue weighted by Gasteiger charge is 2.18. The molecule has 0 spiro atoms. The second kappa shape index (κ2) is 6.84. The molecule has 1 aromatic rings. The van der Waals surface area contributed by atoms with E-state index in [0.29, 0.717) is 12.6 Å². The Bertz CT molecular complexity index is 468. The lowest BCUT2D eigenvalue weighted by Crippen LogP contribution is -2.30. The smallest absolute Gasteiger partial charge is 0.338 e. The molecule has 1 N–H and O–H groups in total. The minimum absolute atomic E-state index is 0.239. The highest BCUT2D eigenvalue weighted by molar-refractivity contribution is 5.88. The van der Waals surface area contributed by atoms with Crippen molar-refractivity contribution < 1.29 is 14.3 Å². The lowest BCUT2D eigenvalue weighted by Gasteiger charge is -2.27. The second-order valence-corrected chi connectivity index (χ2v) is 5.68. The predicted octanol–water partition coefficient (Wildman–Crippen LogP) is 3.68. The average Bonchev–Trinajstić information content (AvgIpc) is 2.69. The number of carboxylic acid groups (broad SMARTS) is 1. The fourth-order valence-corrected chi connectivity index (χ4v) is 2.95. The molecule has 1 aromatic carbocycles. The van der Waals surface area contributed by atoms with Crippen LogP contribution in [0.2, 0.25) is 0 Å². The lowest BCUT2D eigenvalue weighted by molar-refractivity contribution is 0.0691. The quantitative estimate of drug-likeness (QED) is 0.855. The summed E-state index contributed by atoms with van der Waals surface area (Å²) >= 11 is 0. The molecular formula is C16H22FNO2. The molecule has 4 heteroatoms. The van der Waals surface area contributed by atoms with Crippen LogP contribution in [0.3, 0.4) is 0 Å². The molecular weight excluding hydrogens is 257 g/mol. The van der Waals surface area contributed by atoms with E-state index in [-0.39, 0.29) is 5.56 Å². The van der Waals surface area contributed by atoms with Gasteiger partial charge in [-0.1, -0.05) is 31.7 Å². The molecule has 0 aromatic heterocycles. The minimum atomic E-state index is -1.21. The first-order valence-corrected chi connectivity index (χ1v) is 7.30. The van der Waals surface area contributed by atoms with Gasteiger partial charge in [0.1, 0.15) is 5.82 Å². The standard InChI is InChI=1S/C16H22FNO2/c1-18(13-6-4-2-3-5-7-13)11-12-8-9-15(17)14(10-12)16(19)20/h8-10,13H,2-7,11H2,1H3,(H,19,20). The van der Waals surface area contributed by atoms with Crippen molar-refractivity contribution in [2.24, 2.45) is 0 Å². The first-order chi connectivity index (χ1) is 9.58. The van der Waals surface area contributed by atoms with Gasteiger partial charge in [0.15, 0.2) is 0 Å². The summed E-state index contributed by atoms with van der Waals surface area (Å²) in [6.45, 7) is 0.672. The van der Waals surface area contributed by atoms with Crippen LogP contribution in [0.5, 0.6) is 0 Å². The van der Waals surface area contributed by atoms with Gasteiger partial charge in [-0.3, -0.25) is 4.90 Å². The summed E-state index contributed by atoms with van der Waals surface area (Å²) < 4.78 is 13.4. The van der Waals surface area contributed by atoms with Crippen LogP contribution < -0.4 is 0 Å².